The number of rotatable bonds is 5. The number of aliphatic hydroxyl groups excluding tert-OH is 1. The van der Waals surface area contributed by atoms with Gasteiger partial charge in [0.2, 0.25) is 0 Å². The van der Waals surface area contributed by atoms with Crippen LogP contribution in [-0.2, 0) is 0 Å². The lowest BCUT2D eigenvalue weighted by molar-refractivity contribution is 0.115. The van der Waals surface area contributed by atoms with Crippen LogP contribution >= 0.6 is 0 Å². The molecule has 0 aromatic carbocycles. The summed E-state index contributed by atoms with van der Waals surface area (Å²) in [6, 6.07) is 0.683. The highest BCUT2D eigenvalue weighted by atomic mass is 16.3. The minimum absolute atomic E-state index is 0.0198. The first kappa shape index (κ1) is 11.4. The van der Waals surface area contributed by atoms with Crippen LogP contribution in [0.5, 0.6) is 0 Å². The van der Waals surface area contributed by atoms with Crippen molar-refractivity contribution in [3.05, 3.63) is 0 Å². The highest BCUT2D eigenvalue weighted by Gasteiger charge is 2.41. The molecule has 0 spiro atoms. The summed E-state index contributed by atoms with van der Waals surface area (Å²) < 4.78 is 0. The smallest absolute Gasteiger partial charge is 0.0541 e. The zero-order valence-electron chi connectivity index (χ0n) is 9.97. The van der Waals surface area contributed by atoms with E-state index in [9.17, 15) is 5.11 Å². The minimum Gasteiger partial charge on any atom is -0.393 e. The van der Waals surface area contributed by atoms with Crippen molar-refractivity contribution in [1.82, 2.24) is 5.32 Å². The molecule has 0 aromatic rings. The molecule has 2 saturated carbocycles. The molecule has 0 bridgehead atoms. The molecule has 2 rings (SSSR count). The van der Waals surface area contributed by atoms with Crippen molar-refractivity contribution in [3.63, 3.8) is 0 Å². The Morgan fingerprint density at radius 1 is 1.20 bits per heavy atom. The Bertz CT molecular complexity index is 193. The Balaban J connectivity index is 1.65. The van der Waals surface area contributed by atoms with Crippen LogP contribution in [-0.4, -0.2) is 23.8 Å². The van der Waals surface area contributed by atoms with Gasteiger partial charge in [-0.25, -0.2) is 0 Å². The van der Waals surface area contributed by atoms with Crippen molar-refractivity contribution in [2.75, 3.05) is 6.54 Å². The molecule has 2 heteroatoms. The van der Waals surface area contributed by atoms with Gasteiger partial charge < -0.3 is 10.4 Å². The average Bonchev–Trinajstić information content (AvgIpc) is 2.99. The van der Waals surface area contributed by atoms with Crippen molar-refractivity contribution in [2.45, 2.75) is 70.4 Å². The number of aliphatic hydroxyl groups is 1. The van der Waals surface area contributed by atoms with Gasteiger partial charge in [0.1, 0.15) is 0 Å². The first-order valence-corrected chi connectivity index (χ1v) is 6.65. The highest BCUT2D eigenvalue weighted by molar-refractivity contribution is 4.95. The molecule has 0 heterocycles. The Morgan fingerprint density at radius 3 is 2.40 bits per heavy atom. The topological polar surface area (TPSA) is 32.3 Å². The Labute approximate surface area is 93.5 Å². The summed E-state index contributed by atoms with van der Waals surface area (Å²) in [5.74, 6) is 0. The number of hydrogen-bond donors (Lipinski definition) is 2. The molecular formula is C13H25NO. The van der Waals surface area contributed by atoms with Gasteiger partial charge >= 0.3 is 0 Å². The normalized spacial score (nSPS) is 34.0. The van der Waals surface area contributed by atoms with E-state index in [1.807, 2.05) is 0 Å². The standard InChI is InChI=1S/C13H25NO/c1-2-7-13(8-9-13)10-14-11-3-5-12(15)6-4-11/h11-12,14-15H,2-10H2,1H3. The average molecular weight is 211 g/mol. The SMILES string of the molecule is CCCC1(CNC2CCC(O)CC2)CC1. The Morgan fingerprint density at radius 2 is 1.87 bits per heavy atom. The van der Waals surface area contributed by atoms with Crippen LogP contribution in [0.2, 0.25) is 0 Å². The van der Waals surface area contributed by atoms with E-state index >= 15 is 0 Å². The summed E-state index contributed by atoms with van der Waals surface area (Å²) in [5, 5.41) is 13.1. The van der Waals surface area contributed by atoms with Gasteiger partial charge in [0.25, 0.3) is 0 Å². The minimum atomic E-state index is -0.0198. The maximum atomic E-state index is 9.42. The molecule has 0 saturated heterocycles. The van der Waals surface area contributed by atoms with Crippen molar-refractivity contribution in [3.8, 4) is 0 Å². The van der Waals surface area contributed by atoms with Gasteiger partial charge in [-0.05, 0) is 50.4 Å². The third kappa shape index (κ3) is 3.18. The zero-order valence-corrected chi connectivity index (χ0v) is 9.97. The molecule has 2 aliphatic rings. The summed E-state index contributed by atoms with van der Waals surface area (Å²) in [7, 11) is 0. The summed E-state index contributed by atoms with van der Waals surface area (Å²) in [6.07, 6.45) is 9.91. The van der Waals surface area contributed by atoms with Gasteiger partial charge in [-0.3, -0.25) is 0 Å². The summed E-state index contributed by atoms with van der Waals surface area (Å²) in [6.45, 7) is 3.51. The molecule has 0 atom stereocenters. The van der Waals surface area contributed by atoms with Crippen LogP contribution in [0.15, 0.2) is 0 Å². The lowest BCUT2D eigenvalue weighted by atomic mass is 9.92. The van der Waals surface area contributed by atoms with E-state index in [1.54, 1.807) is 0 Å². The largest absolute Gasteiger partial charge is 0.393 e. The van der Waals surface area contributed by atoms with Gasteiger partial charge in [0.05, 0.1) is 6.10 Å². The van der Waals surface area contributed by atoms with Crippen molar-refractivity contribution < 1.29 is 5.11 Å². The van der Waals surface area contributed by atoms with Gasteiger partial charge in [0.15, 0.2) is 0 Å². The van der Waals surface area contributed by atoms with Crippen LogP contribution in [0, 0.1) is 5.41 Å². The van der Waals surface area contributed by atoms with E-state index in [4.69, 9.17) is 0 Å². The Kier molecular flexibility index (Phi) is 3.68. The summed E-state index contributed by atoms with van der Waals surface area (Å²) in [4.78, 5) is 0. The van der Waals surface area contributed by atoms with Crippen LogP contribution < -0.4 is 5.32 Å². The maximum absolute atomic E-state index is 9.42. The van der Waals surface area contributed by atoms with E-state index in [0.29, 0.717) is 11.5 Å². The quantitative estimate of drug-likeness (QED) is 0.732. The van der Waals surface area contributed by atoms with Gasteiger partial charge in [-0.1, -0.05) is 13.3 Å². The molecule has 0 unspecified atom stereocenters. The molecule has 0 aromatic heterocycles. The third-order valence-electron chi connectivity index (χ3n) is 4.20. The molecule has 0 aliphatic heterocycles. The van der Waals surface area contributed by atoms with Crippen LogP contribution in [0.1, 0.15) is 58.3 Å². The van der Waals surface area contributed by atoms with Crippen LogP contribution in [0.4, 0.5) is 0 Å². The summed E-state index contributed by atoms with van der Waals surface area (Å²) >= 11 is 0. The summed E-state index contributed by atoms with van der Waals surface area (Å²) in [5.41, 5.74) is 0.671. The van der Waals surface area contributed by atoms with E-state index in [2.05, 4.69) is 12.2 Å². The fourth-order valence-corrected chi connectivity index (χ4v) is 2.86. The van der Waals surface area contributed by atoms with Gasteiger partial charge in [-0.15, -0.1) is 0 Å². The van der Waals surface area contributed by atoms with Crippen LogP contribution in [0.25, 0.3) is 0 Å². The first-order chi connectivity index (χ1) is 7.24. The lowest BCUT2D eigenvalue weighted by Gasteiger charge is -2.28. The van der Waals surface area contributed by atoms with Crippen molar-refractivity contribution in [1.29, 1.82) is 0 Å². The zero-order chi connectivity index (χ0) is 10.7. The molecule has 0 amide bonds. The van der Waals surface area contributed by atoms with Crippen molar-refractivity contribution >= 4 is 0 Å². The Hall–Kier alpha value is -0.0800. The van der Waals surface area contributed by atoms with Gasteiger partial charge in [0, 0.05) is 12.6 Å². The second-order valence-corrected chi connectivity index (χ2v) is 5.64. The third-order valence-corrected chi connectivity index (χ3v) is 4.20. The van der Waals surface area contributed by atoms with E-state index in [0.717, 1.165) is 12.8 Å². The molecule has 2 aliphatic carbocycles. The molecule has 2 N–H and O–H groups in total. The van der Waals surface area contributed by atoms with Crippen molar-refractivity contribution in [2.24, 2.45) is 5.41 Å². The number of hydrogen-bond acceptors (Lipinski definition) is 2. The second-order valence-electron chi connectivity index (χ2n) is 5.64. The maximum Gasteiger partial charge on any atom is 0.0541 e. The first-order valence-electron chi connectivity index (χ1n) is 6.65. The molecule has 15 heavy (non-hydrogen) atoms. The predicted octanol–water partition coefficient (Wildman–Crippen LogP) is 2.46. The van der Waals surface area contributed by atoms with Crippen LogP contribution in [0.3, 0.4) is 0 Å². The molecule has 0 radical (unpaired) electrons. The fourth-order valence-electron chi connectivity index (χ4n) is 2.86. The van der Waals surface area contributed by atoms with E-state index < -0.39 is 0 Å². The van der Waals surface area contributed by atoms with E-state index in [1.165, 1.54) is 45.1 Å². The number of nitrogens with one attached hydrogen (secondary N) is 1. The molecule has 2 nitrogen and oxygen atoms in total. The highest BCUT2D eigenvalue weighted by Crippen LogP contribution is 2.49. The molecular weight excluding hydrogens is 186 g/mol. The predicted molar refractivity (Wildman–Crippen MR) is 62.8 cm³/mol. The molecule has 2 fully saturated rings. The van der Waals surface area contributed by atoms with E-state index in [-0.39, 0.29) is 6.10 Å². The second kappa shape index (κ2) is 4.84. The van der Waals surface area contributed by atoms with Gasteiger partial charge in [-0.2, -0.15) is 0 Å². The molecule has 88 valence electrons. The fraction of sp³-hybridized carbons (Fsp3) is 1.00. The monoisotopic (exact) mass is 211 g/mol. The lowest BCUT2D eigenvalue weighted by Crippen LogP contribution is -2.37.